The minimum atomic E-state index is -3.07. The van der Waals surface area contributed by atoms with Crippen LogP contribution in [0.2, 0.25) is 0 Å². The quantitative estimate of drug-likeness (QED) is 0.567. The lowest BCUT2D eigenvalue weighted by molar-refractivity contribution is -0.120. The van der Waals surface area contributed by atoms with Gasteiger partial charge in [0, 0.05) is 26.2 Å². The van der Waals surface area contributed by atoms with Gasteiger partial charge in [0.05, 0.1) is 17.0 Å². The Kier molecular flexibility index (Phi) is 6.11. The molecule has 0 unspecified atom stereocenters. The van der Waals surface area contributed by atoms with Gasteiger partial charge in [0.25, 0.3) is 0 Å². The van der Waals surface area contributed by atoms with Gasteiger partial charge in [0.1, 0.15) is 0 Å². The number of carbonyl (C=O) groups excluding carboxylic acids is 1. The molecule has 2 fully saturated rings. The number of aliphatic imine (C=N–C) groups is 1. The molecular weight excluding hydrogens is 328 g/mol. The van der Waals surface area contributed by atoms with Crippen molar-refractivity contribution in [1.82, 2.24) is 15.5 Å². The summed E-state index contributed by atoms with van der Waals surface area (Å²) in [5, 5.41) is 5.89. The zero-order valence-corrected chi connectivity index (χ0v) is 15.8. The molecule has 1 aliphatic carbocycles. The molecule has 1 saturated heterocycles. The second kappa shape index (κ2) is 7.72. The molecule has 0 radical (unpaired) electrons. The summed E-state index contributed by atoms with van der Waals surface area (Å²) in [5.74, 6) is 0.670. The van der Waals surface area contributed by atoms with E-state index < -0.39 is 14.6 Å². The third-order valence-corrected chi connectivity index (χ3v) is 7.48. The van der Waals surface area contributed by atoms with Crippen molar-refractivity contribution in [3.63, 3.8) is 0 Å². The third kappa shape index (κ3) is 4.20. The van der Waals surface area contributed by atoms with E-state index in [1.54, 1.807) is 7.05 Å². The van der Waals surface area contributed by atoms with Gasteiger partial charge in [0.2, 0.25) is 5.91 Å². The number of nitrogens with zero attached hydrogens (tertiary/aromatic N) is 2. The van der Waals surface area contributed by atoms with Crippen LogP contribution < -0.4 is 10.6 Å². The summed E-state index contributed by atoms with van der Waals surface area (Å²) >= 11 is 0. The predicted octanol–water partition coefficient (Wildman–Crippen LogP) is 0.520. The van der Waals surface area contributed by atoms with Crippen LogP contribution in [-0.4, -0.2) is 68.4 Å². The van der Waals surface area contributed by atoms with E-state index in [0.29, 0.717) is 19.0 Å². The number of guanidine groups is 1. The highest BCUT2D eigenvalue weighted by Gasteiger charge is 2.48. The molecule has 0 atom stereocenters. The van der Waals surface area contributed by atoms with E-state index in [1.165, 1.54) is 0 Å². The van der Waals surface area contributed by atoms with E-state index in [9.17, 15) is 13.2 Å². The van der Waals surface area contributed by atoms with Gasteiger partial charge in [0.15, 0.2) is 15.8 Å². The molecule has 1 heterocycles. The maximum Gasteiger partial charge on any atom is 0.239 e. The van der Waals surface area contributed by atoms with Crippen molar-refractivity contribution in [2.75, 3.05) is 32.4 Å². The van der Waals surface area contributed by atoms with Crippen LogP contribution in [0.3, 0.4) is 0 Å². The summed E-state index contributed by atoms with van der Waals surface area (Å²) < 4.78 is 24.7. The van der Waals surface area contributed by atoms with Gasteiger partial charge in [-0.1, -0.05) is 19.3 Å². The fraction of sp³-hybridized carbons (Fsp3) is 0.875. The van der Waals surface area contributed by atoms with Gasteiger partial charge in [-0.15, -0.1) is 0 Å². The molecule has 2 aliphatic rings. The molecule has 24 heavy (non-hydrogen) atoms. The highest BCUT2D eigenvalue weighted by Crippen LogP contribution is 2.38. The Morgan fingerprint density at radius 1 is 1.25 bits per heavy atom. The average molecular weight is 359 g/mol. The predicted molar refractivity (Wildman–Crippen MR) is 95.8 cm³/mol. The SMILES string of the molecule is CN=C(NCC(=O)NC(C)C)N1CCS(=O)(=O)C2(CCCCC2)C1. The number of nitrogens with one attached hydrogen (secondary N) is 2. The maximum atomic E-state index is 12.7. The van der Waals surface area contributed by atoms with E-state index in [4.69, 9.17) is 0 Å². The molecule has 0 aromatic carbocycles. The molecule has 0 bridgehead atoms. The van der Waals surface area contributed by atoms with Crippen molar-refractivity contribution in [2.24, 2.45) is 4.99 Å². The second-order valence-electron chi connectivity index (χ2n) is 7.11. The smallest absolute Gasteiger partial charge is 0.239 e. The van der Waals surface area contributed by atoms with Crippen molar-refractivity contribution >= 4 is 21.7 Å². The normalized spacial score (nSPS) is 23.3. The van der Waals surface area contributed by atoms with Crippen LogP contribution in [0.5, 0.6) is 0 Å². The molecule has 8 heteroatoms. The lowest BCUT2D eigenvalue weighted by Gasteiger charge is -2.45. The van der Waals surface area contributed by atoms with E-state index in [0.717, 1.165) is 32.1 Å². The second-order valence-corrected chi connectivity index (χ2v) is 9.61. The van der Waals surface area contributed by atoms with Crippen molar-refractivity contribution in [2.45, 2.75) is 56.7 Å². The number of carbonyl (C=O) groups is 1. The van der Waals surface area contributed by atoms with Crippen LogP contribution in [0.15, 0.2) is 4.99 Å². The highest BCUT2D eigenvalue weighted by molar-refractivity contribution is 7.92. The monoisotopic (exact) mass is 358 g/mol. The fourth-order valence-corrected chi connectivity index (χ4v) is 5.84. The fourth-order valence-electron chi connectivity index (χ4n) is 3.68. The first-order chi connectivity index (χ1) is 11.3. The average Bonchev–Trinajstić information content (AvgIpc) is 2.52. The van der Waals surface area contributed by atoms with Crippen LogP contribution in [0.4, 0.5) is 0 Å². The number of hydrogen-bond donors (Lipinski definition) is 2. The summed E-state index contributed by atoms with van der Waals surface area (Å²) in [6.45, 7) is 4.86. The van der Waals surface area contributed by atoms with Gasteiger partial charge in [-0.25, -0.2) is 8.42 Å². The Bertz CT molecular complexity index is 580. The van der Waals surface area contributed by atoms with E-state index in [2.05, 4.69) is 15.6 Å². The summed E-state index contributed by atoms with van der Waals surface area (Å²) in [5.41, 5.74) is 0. The number of rotatable bonds is 3. The minimum Gasteiger partial charge on any atom is -0.352 e. The Balaban J connectivity index is 2.03. The Morgan fingerprint density at radius 2 is 1.92 bits per heavy atom. The van der Waals surface area contributed by atoms with Gasteiger partial charge in [-0.05, 0) is 26.7 Å². The first-order valence-corrected chi connectivity index (χ1v) is 10.4. The third-order valence-electron chi connectivity index (χ3n) is 4.90. The largest absolute Gasteiger partial charge is 0.352 e. The van der Waals surface area contributed by atoms with Gasteiger partial charge in [-0.3, -0.25) is 9.79 Å². The van der Waals surface area contributed by atoms with Crippen LogP contribution in [-0.2, 0) is 14.6 Å². The zero-order chi connectivity index (χ0) is 17.8. The highest BCUT2D eigenvalue weighted by atomic mass is 32.2. The molecule has 1 aliphatic heterocycles. The van der Waals surface area contributed by atoms with Crippen LogP contribution >= 0.6 is 0 Å². The Labute approximate surface area is 145 Å². The van der Waals surface area contributed by atoms with Gasteiger partial charge < -0.3 is 15.5 Å². The zero-order valence-electron chi connectivity index (χ0n) is 15.0. The van der Waals surface area contributed by atoms with Crippen LogP contribution in [0.1, 0.15) is 46.0 Å². The van der Waals surface area contributed by atoms with Gasteiger partial charge in [-0.2, -0.15) is 0 Å². The molecular formula is C16H30N4O3S. The van der Waals surface area contributed by atoms with E-state index in [-0.39, 0.29) is 24.2 Å². The van der Waals surface area contributed by atoms with E-state index in [1.807, 2.05) is 18.7 Å². The number of hydrogen-bond acceptors (Lipinski definition) is 4. The lowest BCUT2D eigenvalue weighted by Crippen LogP contribution is -2.60. The first-order valence-electron chi connectivity index (χ1n) is 8.77. The standard InChI is InChI=1S/C16H30N4O3S/c1-13(2)19-14(21)11-18-15(17-3)20-9-10-24(22,23)16(12-20)7-5-4-6-8-16/h13H,4-12H2,1-3H3,(H,17,18)(H,19,21). The molecule has 1 amide bonds. The Hall–Kier alpha value is -1.31. The Morgan fingerprint density at radius 3 is 2.50 bits per heavy atom. The van der Waals surface area contributed by atoms with Crippen molar-refractivity contribution in [3.05, 3.63) is 0 Å². The van der Waals surface area contributed by atoms with Crippen LogP contribution in [0.25, 0.3) is 0 Å². The summed E-state index contributed by atoms with van der Waals surface area (Å²) in [4.78, 5) is 18.1. The summed E-state index contributed by atoms with van der Waals surface area (Å²) in [7, 11) is -1.41. The topological polar surface area (TPSA) is 90.9 Å². The number of sulfone groups is 1. The van der Waals surface area contributed by atoms with Gasteiger partial charge >= 0.3 is 0 Å². The molecule has 1 saturated carbocycles. The minimum absolute atomic E-state index is 0.0898. The van der Waals surface area contributed by atoms with Crippen LogP contribution in [0, 0.1) is 0 Å². The molecule has 2 rings (SSSR count). The van der Waals surface area contributed by atoms with Crippen molar-refractivity contribution in [3.8, 4) is 0 Å². The van der Waals surface area contributed by atoms with Crippen molar-refractivity contribution < 1.29 is 13.2 Å². The summed E-state index contributed by atoms with van der Waals surface area (Å²) in [6.07, 6.45) is 4.51. The molecule has 2 N–H and O–H groups in total. The lowest BCUT2D eigenvalue weighted by atomic mass is 9.87. The number of amides is 1. The molecule has 0 aromatic rings. The molecule has 0 aromatic heterocycles. The maximum absolute atomic E-state index is 12.7. The molecule has 7 nitrogen and oxygen atoms in total. The molecule has 1 spiro atoms. The van der Waals surface area contributed by atoms with E-state index >= 15 is 0 Å². The summed E-state index contributed by atoms with van der Waals surface area (Å²) in [6, 6.07) is 0.0898. The van der Waals surface area contributed by atoms with Crippen molar-refractivity contribution in [1.29, 1.82) is 0 Å². The molecule has 138 valence electrons. The first kappa shape index (κ1) is 19.0.